The maximum Gasteiger partial charge on any atom is 0.165 e. The summed E-state index contributed by atoms with van der Waals surface area (Å²) in [6, 6.07) is 0. The molecule has 15 heavy (non-hydrogen) atoms. The second kappa shape index (κ2) is 4.40. The highest BCUT2D eigenvalue weighted by atomic mass is 16.7. The Balaban J connectivity index is 1.80. The molecule has 1 saturated carbocycles. The molecule has 0 aromatic heterocycles. The molecular formula is C12H22O3. The van der Waals surface area contributed by atoms with Gasteiger partial charge >= 0.3 is 0 Å². The summed E-state index contributed by atoms with van der Waals surface area (Å²) in [6.45, 7) is 3.36. The van der Waals surface area contributed by atoms with Gasteiger partial charge in [0, 0.05) is 6.42 Å². The quantitative estimate of drug-likeness (QED) is 0.783. The van der Waals surface area contributed by atoms with Gasteiger partial charge in [-0.3, -0.25) is 0 Å². The van der Waals surface area contributed by atoms with Gasteiger partial charge in [0.05, 0.1) is 18.8 Å². The molecule has 3 heteroatoms. The summed E-state index contributed by atoms with van der Waals surface area (Å²) in [5.74, 6) is -0.437. The minimum absolute atomic E-state index is 0.437. The molecule has 0 radical (unpaired) electrons. The van der Waals surface area contributed by atoms with Crippen molar-refractivity contribution in [1.82, 2.24) is 0 Å². The normalized spacial score (nSPS) is 29.2. The number of rotatable bonds is 3. The van der Waals surface area contributed by atoms with Crippen LogP contribution < -0.4 is 0 Å². The number of hydrogen-bond acceptors (Lipinski definition) is 3. The lowest BCUT2D eigenvalue weighted by Crippen LogP contribution is -2.35. The Bertz CT molecular complexity index is 203. The molecule has 1 N–H and O–H groups in total. The van der Waals surface area contributed by atoms with Gasteiger partial charge in [-0.25, -0.2) is 0 Å². The molecule has 1 aliphatic heterocycles. The summed E-state index contributed by atoms with van der Waals surface area (Å²) in [5, 5.41) is 10.3. The summed E-state index contributed by atoms with van der Waals surface area (Å²) >= 11 is 0. The third-order valence-electron chi connectivity index (χ3n) is 3.73. The third-order valence-corrected chi connectivity index (χ3v) is 3.73. The van der Waals surface area contributed by atoms with Crippen LogP contribution in [0.4, 0.5) is 0 Å². The van der Waals surface area contributed by atoms with E-state index in [2.05, 4.69) is 0 Å². The second-order valence-corrected chi connectivity index (χ2v) is 5.12. The average molecular weight is 214 g/mol. The largest absolute Gasteiger partial charge is 0.390 e. The molecule has 1 aliphatic carbocycles. The molecule has 2 aliphatic rings. The van der Waals surface area contributed by atoms with Crippen molar-refractivity contribution >= 4 is 0 Å². The van der Waals surface area contributed by atoms with E-state index in [9.17, 15) is 5.11 Å². The summed E-state index contributed by atoms with van der Waals surface area (Å²) in [5.41, 5.74) is -0.448. The van der Waals surface area contributed by atoms with Crippen LogP contribution in [0.1, 0.15) is 51.9 Å². The lowest BCUT2D eigenvalue weighted by Gasteiger charge is -2.34. The molecule has 88 valence electrons. The molecule has 0 spiro atoms. The van der Waals surface area contributed by atoms with Crippen molar-refractivity contribution in [1.29, 1.82) is 0 Å². The smallest absolute Gasteiger partial charge is 0.165 e. The van der Waals surface area contributed by atoms with Gasteiger partial charge in [-0.2, -0.15) is 0 Å². The van der Waals surface area contributed by atoms with E-state index in [0.717, 1.165) is 38.5 Å². The van der Waals surface area contributed by atoms with E-state index < -0.39 is 11.4 Å². The molecule has 2 rings (SSSR count). The van der Waals surface area contributed by atoms with E-state index in [1.165, 1.54) is 6.42 Å². The lowest BCUT2D eigenvalue weighted by atomic mass is 9.81. The molecule has 0 bridgehead atoms. The minimum atomic E-state index is -0.448. The zero-order valence-electron chi connectivity index (χ0n) is 9.63. The Hall–Kier alpha value is -0.120. The van der Waals surface area contributed by atoms with Crippen molar-refractivity contribution in [2.24, 2.45) is 0 Å². The highest BCUT2D eigenvalue weighted by Crippen LogP contribution is 2.35. The first-order valence-electron chi connectivity index (χ1n) is 6.12. The van der Waals surface area contributed by atoms with E-state index in [1.54, 1.807) is 0 Å². The van der Waals surface area contributed by atoms with Crippen LogP contribution in [0.2, 0.25) is 0 Å². The third kappa shape index (κ3) is 2.92. The van der Waals surface area contributed by atoms with Crippen molar-refractivity contribution in [2.45, 2.75) is 63.3 Å². The fourth-order valence-corrected chi connectivity index (χ4v) is 2.62. The van der Waals surface area contributed by atoms with Crippen molar-refractivity contribution < 1.29 is 14.6 Å². The predicted octanol–water partition coefficient (Wildman–Crippen LogP) is 2.22. The molecule has 0 amide bonds. The van der Waals surface area contributed by atoms with Crippen LogP contribution >= 0.6 is 0 Å². The first-order chi connectivity index (χ1) is 7.12. The molecule has 3 nitrogen and oxygen atoms in total. The van der Waals surface area contributed by atoms with Crippen LogP contribution in [0.3, 0.4) is 0 Å². The van der Waals surface area contributed by atoms with Crippen molar-refractivity contribution in [3.05, 3.63) is 0 Å². The predicted molar refractivity (Wildman–Crippen MR) is 57.6 cm³/mol. The Morgan fingerprint density at radius 1 is 1.00 bits per heavy atom. The number of aliphatic hydroxyl groups is 1. The standard InChI is InChI=1S/C12H22O3/c1-11(14-9-10-15-11)7-8-12(13)5-3-2-4-6-12/h13H,2-10H2,1H3. The van der Waals surface area contributed by atoms with Crippen molar-refractivity contribution in [3.63, 3.8) is 0 Å². The molecule has 2 fully saturated rings. The van der Waals surface area contributed by atoms with Gasteiger partial charge in [0.25, 0.3) is 0 Å². The maximum atomic E-state index is 10.3. The van der Waals surface area contributed by atoms with Gasteiger partial charge in [0.15, 0.2) is 5.79 Å². The lowest BCUT2D eigenvalue weighted by molar-refractivity contribution is -0.158. The highest BCUT2D eigenvalue weighted by Gasteiger charge is 2.36. The molecule has 0 aromatic rings. The van der Waals surface area contributed by atoms with Gasteiger partial charge < -0.3 is 14.6 Å². The van der Waals surface area contributed by atoms with Gasteiger partial charge in [-0.1, -0.05) is 19.3 Å². The first kappa shape index (κ1) is 11.4. The first-order valence-corrected chi connectivity index (χ1v) is 6.12. The average Bonchev–Trinajstić information content (AvgIpc) is 2.65. The summed E-state index contributed by atoms with van der Waals surface area (Å²) in [6.07, 6.45) is 7.11. The van der Waals surface area contributed by atoms with Gasteiger partial charge in [-0.15, -0.1) is 0 Å². The zero-order chi connectivity index (χ0) is 10.8. The van der Waals surface area contributed by atoms with Crippen molar-refractivity contribution in [3.8, 4) is 0 Å². The Kier molecular flexibility index (Phi) is 3.33. The Morgan fingerprint density at radius 2 is 1.60 bits per heavy atom. The molecule has 0 aromatic carbocycles. The Morgan fingerprint density at radius 3 is 2.20 bits per heavy atom. The highest BCUT2D eigenvalue weighted by molar-refractivity contribution is 4.84. The van der Waals surface area contributed by atoms with E-state index in [-0.39, 0.29) is 0 Å². The SMILES string of the molecule is CC1(CCC2(O)CCCCC2)OCCO1. The Labute approximate surface area is 91.8 Å². The second-order valence-electron chi connectivity index (χ2n) is 5.12. The van der Waals surface area contributed by atoms with Crippen LogP contribution in [0, 0.1) is 0 Å². The van der Waals surface area contributed by atoms with E-state index in [4.69, 9.17) is 9.47 Å². The van der Waals surface area contributed by atoms with Gasteiger partial charge in [0.2, 0.25) is 0 Å². The van der Waals surface area contributed by atoms with Gasteiger partial charge in [-0.05, 0) is 26.2 Å². The van der Waals surface area contributed by atoms with Crippen LogP contribution in [-0.4, -0.2) is 29.7 Å². The molecule has 0 atom stereocenters. The number of ether oxygens (including phenoxy) is 2. The minimum Gasteiger partial charge on any atom is -0.390 e. The zero-order valence-corrected chi connectivity index (χ0v) is 9.63. The van der Waals surface area contributed by atoms with Crippen LogP contribution in [-0.2, 0) is 9.47 Å². The van der Waals surface area contributed by atoms with Crippen LogP contribution in [0.25, 0.3) is 0 Å². The van der Waals surface area contributed by atoms with Crippen LogP contribution in [0.15, 0.2) is 0 Å². The fraction of sp³-hybridized carbons (Fsp3) is 1.00. The summed E-state index contributed by atoms with van der Waals surface area (Å²) in [7, 11) is 0. The molecule has 1 heterocycles. The fourth-order valence-electron chi connectivity index (χ4n) is 2.62. The van der Waals surface area contributed by atoms with E-state index >= 15 is 0 Å². The number of hydrogen-bond donors (Lipinski definition) is 1. The van der Waals surface area contributed by atoms with Crippen molar-refractivity contribution in [2.75, 3.05) is 13.2 Å². The monoisotopic (exact) mass is 214 g/mol. The molecule has 1 saturated heterocycles. The maximum absolute atomic E-state index is 10.3. The summed E-state index contributed by atoms with van der Waals surface area (Å²) < 4.78 is 11.1. The molecule has 0 unspecified atom stereocenters. The summed E-state index contributed by atoms with van der Waals surface area (Å²) in [4.78, 5) is 0. The topological polar surface area (TPSA) is 38.7 Å². The van der Waals surface area contributed by atoms with Crippen LogP contribution in [0.5, 0.6) is 0 Å². The van der Waals surface area contributed by atoms with E-state index in [1.807, 2.05) is 6.92 Å². The van der Waals surface area contributed by atoms with E-state index in [0.29, 0.717) is 13.2 Å². The molecular weight excluding hydrogens is 192 g/mol. The van der Waals surface area contributed by atoms with Gasteiger partial charge in [0.1, 0.15) is 0 Å².